The molecule has 0 aliphatic carbocycles. The number of hydrogen-bond acceptors (Lipinski definition) is 6. The van der Waals surface area contributed by atoms with E-state index in [0.29, 0.717) is 0 Å². The fourth-order valence-corrected chi connectivity index (χ4v) is 2.83. The Morgan fingerprint density at radius 2 is 1.93 bits per heavy atom. The number of nitrogens with one attached hydrogen (secondary N) is 2. The van der Waals surface area contributed by atoms with Crippen LogP contribution in [0.15, 0.2) is 26.1 Å². The molecule has 3 aromatic heterocycles. The highest BCUT2D eigenvalue weighted by Crippen LogP contribution is 2.22. The molecule has 10 nitrogen and oxygen atoms in total. The van der Waals surface area contributed by atoms with Crippen LogP contribution in [0, 0.1) is 11.6 Å². The van der Waals surface area contributed by atoms with Gasteiger partial charge in [0.15, 0.2) is 17.2 Å². The number of rotatable bonds is 3. The topological polar surface area (TPSA) is 128 Å². The first-order valence-electron chi connectivity index (χ1n) is 7.94. The Hall–Kier alpha value is -3.83. The predicted octanol–water partition coefficient (Wildman–Crippen LogP) is 0.561. The van der Waals surface area contributed by atoms with Crippen molar-refractivity contribution in [1.82, 2.24) is 24.3 Å². The average Bonchev–Trinajstić information content (AvgIpc) is 3.22. The zero-order chi connectivity index (χ0) is 20.2. The van der Waals surface area contributed by atoms with Gasteiger partial charge in [-0.15, -0.1) is 0 Å². The molecular weight excluding hydrogens is 378 g/mol. The lowest BCUT2D eigenvalue weighted by atomic mass is 10.2. The van der Waals surface area contributed by atoms with Crippen LogP contribution in [-0.4, -0.2) is 30.2 Å². The summed E-state index contributed by atoms with van der Waals surface area (Å²) in [6.07, 6.45) is -0.325. The zero-order valence-electron chi connectivity index (χ0n) is 14.5. The Morgan fingerprint density at radius 1 is 1.21 bits per heavy atom. The Morgan fingerprint density at radius 3 is 2.68 bits per heavy atom. The number of anilines is 1. The molecule has 0 fully saturated rings. The van der Waals surface area contributed by atoms with Gasteiger partial charge in [0.2, 0.25) is 5.91 Å². The number of oxazole rings is 1. The molecule has 144 valence electrons. The van der Waals surface area contributed by atoms with Gasteiger partial charge in [-0.3, -0.25) is 29.1 Å². The third-order valence-electron chi connectivity index (χ3n) is 4.25. The summed E-state index contributed by atoms with van der Waals surface area (Å²) >= 11 is 0. The minimum Gasteiger partial charge on any atom is -0.423 e. The summed E-state index contributed by atoms with van der Waals surface area (Å²) in [6, 6.07) is 1.40. The quantitative estimate of drug-likeness (QED) is 0.526. The van der Waals surface area contributed by atoms with Gasteiger partial charge < -0.3 is 4.42 Å². The summed E-state index contributed by atoms with van der Waals surface area (Å²) in [4.78, 5) is 40.4. The number of fused-ring (bicyclic) bond motifs is 2. The van der Waals surface area contributed by atoms with Crippen LogP contribution in [0.1, 0.15) is 5.69 Å². The number of amides is 1. The standard InChI is InChI=1S/C16H12F2N6O4/c1-23-13-12(14(26)24(2)16(23)27)9(21-22-13)5-11(25)20-15-19-8-3-6(17)7(18)4-10(8)28-15/h3-4H,5H2,1-2H3,(H,21,22)(H,19,20,25). The van der Waals surface area contributed by atoms with Gasteiger partial charge in [-0.05, 0) is 0 Å². The van der Waals surface area contributed by atoms with Crippen molar-refractivity contribution in [2.24, 2.45) is 14.1 Å². The van der Waals surface area contributed by atoms with E-state index in [1.807, 2.05) is 0 Å². The largest absolute Gasteiger partial charge is 0.423 e. The van der Waals surface area contributed by atoms with Crippen LogP contribution >= 0.6 is 0 Å². The lowest BCUT2D eigenvalue weighted by molar-refractivity contribution is -0.115. The second kappa shape index (κ2) is 6.11. The molecule has 3 heterocycles. The molecular formula is C16H12F2N6O4. The van der Waals surface area contributed by atoms with Crippen molar-refractivity contribution in [3.8, 4) is 0 Å². The van der Waals surface area contributed by atoms with Crippen LogP contribution < -0.4 is 16.6 Å². The highest BCUT2D eigenvalue weighted by molar-refractivity contribution is 5.93. The van der Waals surface area contributed by atoms with E-state index in [2.05, 4.69) is 20.5 Å². The third kappa shape index (κ3) is 2.66. The lowest BCUT2D eigenvalue weighted by Gasteiger charge is -2.03. The molecule has 4 aromatic rings. The number of halogens is 2. The van der Waals surface area contributed by atoms with Crippen molar-refractivity contribution in [3.63, 3.8) is 0 Å². The third-order valence-corrected chi connectivity index (χ3v) is 4.25. The minimum atomic E-state index is -1.11. The summed E-state index contributed by atoms with van der Waals surface area (Å²) in [7, 11) is 2.78. The molecule has 1 amide bonds. The highest BCUT2D eigenvalue weighted by atomic mass is 19.2. The number of aromatic nitrogens is 5. The van der Waals surface area contributed by atoms with Gasteiger partial charge in [-0.25, -0.2) is 13.6 Å². The fourth-order valence-electron chi connectivity index (χ4n) is 2.83. The molecule has 0 spiro atoms. The maximum atomic E-state index is 13.2. The molecule has 0 saturated carbocycles. The minimum absolute atomic E-state index is 0.0308. The monoisotopic (exact) mass is 390 g/mol. The first-order chi connectivity index (χ1) is 13.3. The Balaban J connectivity index is 1.64. The predicted molar refractivity (Wildman–Crippen MR) is 92.8 cm³/mol. The lowest BCUT2D eigenvalue weighted by Crippen LogP contribution is -2.37. The molecule has 0 aliphatic heterocycles. The highest BCUT2D eigenvalue weighted by Gasteiger charge is 2.19. The molecule has 0 atom stereocenters. The number of carbonyl (C=O) groups is 1. The maximum Gasteiger partial charge on any atom is 0.332 e. The van der Waals surface area contributed by atoms with Gasteiger partial charge >= 0.3 is 11.7 Å². The second-order valence-electron chi connectivity index (χ2n) is 6.08. The van der Waals surface area contributed by atoms with E-state index in [1.54, 1.807) is 0 Å². The number of H-pyrrole nitrogens is 1. The van der Waals surface area contributed by atoms with Crippen molar-refractivity contribution in [2.75, 3.05) is 5.32 Å². The Kier molecular flexibility index (Phi) is 3.84. The van der Waals surface area contributed by atoms with Gasteiger partial charge in [0, 0.05) is 26.2 Å². The molecule has 0 saturated heterocycles. The second-order valence-corrected chi connectivity index (χ2v) is 6.08. The number of benzene rings is 1. The Bertz CT molecular complexity index is 1340. The first kappa shape index (κ1) is 17.6. The van der Waals surface area contributed by atoms with E-state index in [9.17, 15) is 23.2 Å². The number of hydrogen-bond donors (Lipinski definition) is 2. The normalized spacial score (nSPS) is 11.4. The molecule has 0 radical (unpaired) electrons. The molecule has 12 heteroatoms. The average molecular weight is 390 g/mol. The summed E-state index contributed by atoms with van der Waals surface area (Å²) in [5.74, 6) is -2.83. The maximum absolute atomic E-state index is 13.2. The van der Waals surface area contributed by atoms with E-state index < -0.39 is 28.8 Å². The van der Waals surface area contributed by atoms with Gasteiger partial charge in [0.05, 0.1) is 12.1 Å². The number of aromatic amines is 1. The number of carbonyl (C=O) groups excluding carboxylic acids is 1. The van der Waals surface area contributed by atoms with Crippen molar-refractivity contribution in [3.05, 3.63) is 50.3 Å². The van der Waals surface area contributed by atoms with E-state index in [-0.39, 0.29) is 40.3 Å². The molecule has 2 N–H and O–H groups in total. The van der Waals surface area contributed by atoms with Crippen LogP contribution in [0.5, 0.6) is 0 Å². The number of aryl methyl sites for hydroxylation is 1. The van der Waals surface area contributed by atoms with E-state index in [1.165, 1.54) is 18.7 Å². The van der Waals surface area contributed by atoms with E-state index in [0.717, 1.165) is 16.7 Å². The van der Waals surface area contributed by atoms with Crippen molar-refractivity contribution in [1.29, 1.82) is 0 Å². The smallest absolute Gasteiger partial charge is 0.332 e. The Labute approximate surface area is 153 Å². The van der Waals surface area contributed by atoms with E-state index in [4.69, 9.17) is 4.42 Å². The van der Waals surface area contributed by atoms with Gasteiger partial charge in [0.25, 0.3) is 5.56 Å². The van der Waals surface area contributed by atoms with Crippen LogP contribution in [0.2, 0.25) is 0 Å². The molecule has 0 aliphatic rings. The zero-order valence-corrected chi connectivity index (χ0v) is 14.5. The van der Waals surface area contributed by atoms with Crippen LogP contribution in [0.25, 0.3) is 22.1 Å². The SMILES string of the molecule is Cn1c(=O)c2c(CC(=O)Nc3nc4cc(F)c(F)cc4o3)n[nH]c2n(C)c1=O. The van der Waals surface area contributed by atoms with Crippen LogP contribution in [0.4, 0.5) is 14.8 Å². The van der Waals surface area contributed by atoms with Crippen LogP contribution in [-0.2, 0) is 25.3 Å². The molecule has 0 bridgehead atoms. The van der Waals surface area contributed by atoms with Gasteiger partial charge in [-0.1, -0.05) is 0 Å². The molecule has 1 aromatic carbocycles. The van der Waals surface area contributed by atoms with Gasteiger partial charge in [-0.2, -0.15) is 10.1 Å². The first-order valence-corrected chi connectivity index (χ1v) is 7.94. The van der Waals surface area contributed by atoms with Crippen molar-refractivity contribution < 1.29 is 18.0 Å². The summed E-state index contributed by atoms with van der Waals surface area (Å²) < 4.78 is 33.8. The number of nitrogens with zero attached hydrogens (tertiary/aromatic N) is 4. The molecule has 4 rings (SSSR count). The van der Waals surface area contributed by atoms with Crippen molar-refractivity contribution >= 4 is 34.1 Å². The van der Waals surface area contributed by atoms with Gasteiger partial charge in [0.1, 0.15) is 16.6 Å². The fraction of sp³-hybridized carbons (Fsp3) is 0.188. The van der Waals surface area contributed by atoms with E-state index >= 15 is 0 Å². The molecule has 28 heavy (non-hydrogen) atoms. The van der Waals surface area contributed by atoms with Crippen molar-refractivity contribution in [2.45, 2.75) is 6.42 Å². The summed E-state index contributed by atoms with van der Waals surface area (Å²) in [6.45, 7) is 0. The summed E-state index contributed by atoms with van der Waals surface area (Å²) in [5, 5.41) is 8.94. The molecule has 0 unspecified atom stereocenters. The summed E-state index contributed by atoms with van der Waals surface area (Å²) in [5.41, 5.74) is -0.835. The van der Waals surface area contributed by atoms with Crippen LogP contribution in [0.3, 0.4) is 0 Å².